The van der Waals surface area contributed by atoms with E-state index in [0.29, 0.717) is 33.9 Å². The third-order valence-corrected chi connectivity index (χ3v) is 7.02. The van der Waals surface area contributed by atoms with Gasteiger partial charge in [-0.15, -0.1) is 5.10 Å². The van der Waals surface area contributed by atoms with Crippen LogP contribution in [0.15, 0.2) is 65.0 Å². The van der Waals surface area contributed by atoms with Gasteiger partial charge in [-0.1, -0.05) is 67.5 Å². The molecule has 164 valence electrons. The van der Waals surface area contributed by atoms with Crippen molar-refractivity contribution in [2.75, 3.05) is 5.32 Å². The molecule has 1 aliphatic heterocycles. The molecule has 2 heterocycles. The summed E-state index contributed by atoms with van der Waals surface area (Å²) >= 11 is 7.99. The van der Waals surface area contributed by atoms with Crippen molar-refractivity contribution in [1.82, 2.24) is 14.8 Å². The topological polar surface area (TPSA) is 59.8 Å². The van der Waals surface area contributed by atoms with E-state index in [4.69, 9.17) is 16.7 Å². The minimum atomic E-state index is -0.436. The van der Waals surface area contributed by atoms with Crippen LogP contribution in [0.2, 0.25) is 5.02 Å². The van der Waals surface area contributed by atoms with Gasteiger partial charge >= 0.3 is 0 Å². The van der Waals surface area contributed by atoms with Crippen LogP contribution in [-0.2, 0) is 10.5 Å². The molecule has 0 saturated carbocycles. The number of hydrogen-bond donors (Lipinski definition) is 1. The summed E-state index contributed by atoms with van der Waals surface area (Å²) in [7, 11) is 0. The summed E-state index contributed by atoms with van der Waals surface area (Å²) < 4.78 is 15.3. The van der Waals surface area contributed by atoms with E-state index in [-0.39, 0.29) is 17.0 Å². The quantitative estimate of drug-likeness (QED) is 0.474. The van der Waals surface area contributed by atoms with E-state index in [1.54, 1.807) is 10.7 Å². The highest BCUT2D eigenvalue weighted by atomic mass is 35.5. The molecule has 0 fully saturated rings. The molecule has 1 atom stereocenters. The summed E-state index contributed by atoms with van der Waals surface area (Å²) in [5.41, 5.74) is 3.14. The van der Waals surface area contributed by atoms with E-state index in [0.717, 1.165) is 23.2 Å². The number of rotatable bonds is 4. The number of hydrogen-bond acceptors (Lipinski definition) is 5. The molecule has 1 aliphatic carbocycles. The normalized spacial score (nSPS) is 19.4. The Bertz CT molecular complexity index is 1250. The fourth-order valence-electron chi connectivity index (χ4n) is 4.41. The summed E-state index contributed by atoms with van der Waals surface area (Å²) in [5, 5.41) is 9.22. The van der Waals surface area contributed by atoms with Crippen LogP contribution in [0.4, 0.5) is 10.3 Å². The van der Waals surface area contributed by atoms with Crippen LogP contribution >= 0.6 is 23.4 Å². The highest BCUT2D eigenvalue weighted by Gasteiger charge is 2.42. The number of carbonyl (C=O) groups excluding carboxylic acids is 1. The number of fused-ring (bicyclic) bond motifs is 1. The highest BCUT2D eigenvalue weighted by Crippen LogP contribution is 2.46. The van der Waals surface area contributed by atoms with Gasteiger partial charge in [-0.25, -0.2) is 9.07 Å². The Morgan fingerprint density at radius 2 is 2.03 bits per heavy atom. The van der Waals surface area contributed by atoms with Crippen molar-refractivity contribution in [3.05, 3.63) is 81.8 Å². The van der Waals surface area contributed by atoms with Crippen LogP contribution in [0, 0.1) is 11.2 Å². The Kier molecular flexibility index (Phi) is 5.34. The Hall–Kier alpha value is -2.64. The van der Waals surface area contributed by atoms with Crippen LogP contribution in [0.3, 0.4) is 0 Å². The predicted octanol–water partition coefficient (Wildman–Crippen LogP) is 6.02. The van der Waals surface area contributed by atoms with Crippen molar-refractivity contribution in [2.24, 2.45) is 5.41 Å². The molecule has 0 radical (unpaired) electrons. The summed E-state index contributed by atoms with van der Waals surface area (Å²) in [6.45, 7) is 4.20. The van der Waals surface area contributed by atoms with Crippen LogP contribution in [0.1, 0.15) is 43.9 Å². The fourth-order valence-corrected chi connectivity index (χ4v) is 5.42. The Morgan fingerprint density at radius 1 is 1.22 bits per heavy atom. The Labute approximate surface area is 195 Å². The zero-order chi connectivity index (χ0) is 22.5. The number of Topliss-reactive ketones (excluding diaryl/α,β-unsaturated/α-hetero) is 1. The number of benzene rings is 2. The van der Waals surface area contributed by atoms with E-state index >= 15 is 0 Å². The smallest absolute Gasteiger partial charge is 0.227 e. The minimum absolute atomic E-state index is 0.101. The lowest BCUT2D eigenvalue weighted by atomic mass is 9.73. The van der Waals surface area contributed by atoms with Crippen molar-refractivity contribution in [3.63, 3.8) is 0 Å². The number of carbonyl (C=O) groups is 1. The molecular weight excluding hydrogens is 447 g/mol. The number of ketones is 1. The van der Waals surface area contributed by atoms with Crippen molar-refractivity contribution >= 4 is 35.1 Å². The van der Waals surface area contributed by atoms with Crippen LogP contribution in [0.5, 0.6) is 0 Å². The fraction of sp³-hybridized carbons (Fsp3) is 0.292. The maximum Gasteiger partial charge on any atom is 0.227 e. The van der Waals surface area contributed by atoms with E-state index in [2.05, 4.69) is 24.1 Å². The lowest BCUT2D eigenvalue weighted by molar-refractivity contribution is -0.118. The Morgan fingerprint density at radius 3 is 2.81 bits per heavy atom. The lowest BCUT2D eigenvalue weighted by Gasteiger charge is -2.38. The molecule has 2 aliphatic rings. The van der Waals surface area contributed by atoms with Gasteiger partial charge in [0.2, 0.25) is 11.1 Å². The van der Waals surface area contributed by atoms with Gasteiger partial charge in [0.1, 0.15) is 11.9 Å². The average molecular weight is 469 g/mol. The summed E-state index contributed by atoms with van der Waals surface area (Å²) in [6.07, 6.45) is 1.22. The molecule has 5 rings (SSSR count). The zero-order valence-electron chi connectivity index (χ0n) is 17.7. The third-order valence-electron chi connectivity index (χ3n) is 5.77. The zero-order valence-corrected chi connectivity index (χ0v) is 19.3. The molecule has 0 bridgehead atoms. The number of aromatic nitrogens is 3. The van der Waals surface area contributed by atoms with Gasteiger partial charge in [-0.2, -0.15) is 4.98 Å². The number of thioether (sulfide) groups is 1. The van der Waals surface area contributed by atoms with E-state index < -0.39 is 6.04 Å². The lowest BCUT2D eigenvalue weighted by Crippen LogP contribution is -2.36. The molecule has 0 amide bonds. The summed E-state index contributed by atoms with van der Waals surface area (Å²) in [6, 6.07) is 13.6. The van der Waals surface area contributed by atoms with E-state index in [1.807, 2.05) is 30.3 Å². The number of anilines is 1. The maximum absolute atomic E-state index is 13.5. The van der Waals surface area contributed by atoms with Crippen molar-refractivity contribution in [1.29, 1.82) is 0 Å². The van der Waals surface area contributed by atoms with Crippen molar-refractivity contribution in [2.45, 2.75) is 43.6 Å². The first-order chi connectivity index (χ1) is 15.3. The number of nitrogens with one attached hydrogen (secondary N) is 1. The van der Waals surface area contributed by atoms with Gasteiger partial charge in [0.25, 0.3) is 0 Å². The number of halogens is 2. The van der Waals surface area contributed by atoms with Gasteiger partial charge in [0, 0.05) is 34.0 Å². The molecule has 0 unspecified atom stereocenters. The first kappa shape index (κ1) is 21.2. The minimum Gasteiger partial charge on any atom is -0.328 e. The molecule has 1 aromatic heterocycles. The second-order valence-corrected chi connectivity index (χ2v) is 10.3. The van der Waals surface area contributed by atoms with Gasteiger partial charge in [0.15, 0.2) is 5.78 Å². The molecule has 0 spiro atoms. The average Bonchev–Trinajstić information content (AvgIpc) is 3.13. The van der Waals surface area contributed by atoms with Gasteiger partial charge in [-0.3, -0.25) is 4.79 Å². The highest BCUT2D eigenvalue weighted by molar-refractivity contribution is 7.98. The molecule has 3 aromatic rings. The third kappa shape index (κ3) is 3.95. The number of allylic oxidation sites excluding steroid dienone is 2. The molecular formula is C24H22ClFN4OS. The van der Waals surface area contributed by atoms with Crippen LogP contribution < -0.4 is 5.32 Å². The van der Waals surface area contributed by atoms with E-state index in [1.165, 1.54) is 23.9 Å². The standard InChI is InChI=1S/C24H22ClFN4OS/c1-24(2)11-18-20(19(31)12-24)21(16-8-3-4-9-17(16)25)30-22(27-18)28-23(29-30)32-13-14-6-5-7-15(26)10-14/h3-10,21H,11-13H2,1-2H3,(H,27,28,29)/t21-/m1/s1. The maximum atomic E-state index is 13.5. The largest absolute Gasteiger partial charge is 0.328 e. The predicted molar refractivity (Wildman–Crippen MR) is 124 cm³/mol. The number of nitrogens with zero attached hydrogens (tertiary/aromatic N) is 3. The van der Waals surface area contributed by atoms with Crippen LogP contribution in [-0.4, -0.2) is 20.5 Å². The van der Waals surface area contributed by atoms with Crippen LogP contribution in [0.25, 0.3) is 0 Å². The first-order valence-corrected chi connectivity index (χ1v) is 11.8. The molecule has 8 heteroatoms. The van der Waals surface area contributed by atoms with Gasteiger partial charge in [-0.05, 0) is 35.6 Å². The second-order valence-electron chi connectivity index (χ2n) is 8.96. The molecule has 32 heavy (non-hydrogen) atoms. The molecule has 1 N–H and O–H groups in total. The second kappa shape index (κ2) is 8.05. The monoisotopic (exact) mass is 468 g/mol. The summed E-state index contributed by atoms with van der Waals surface area (Å²) in [5.74, 6) is 0.959. The Balaban J connectivity index is 1.54. The van der Waals surface area contributed by atoms with Gasteiger partial charge in [0.05, 0.1) is 0 Å². The van der Waals surface area contributed by atoms with Crippen molar-refractivity contribution in [3.8, 4) is 0 Å². The molecule has 5 nitrogen and oxygen atoms in total. The van der Waals surface area contributed by atoms with E-state index in [9.17, 15) is 9.18 Å². The van der Waals surface area contributed by atoms with Crippen molar-refractivity contribution < 1.29 is 9.18 Å². The first-order valence-electron chi connectivity index (χ1n) is 10.4. The SMILES string of the molecule is CC1(C)CC(=O)C2=C(C1)Nc1nc(SCc3cccc(F)c3)nn1[C@@H]2c1ccccc1Cl. The summed E-state index contributed by atoms with van der Waals surface area (Å²) in [4.78, 5) is 17.9. The molecule has 0 saturated heterocycles. The van der Waals surface area contributed by atoms with Gasteiger partial charge < -0.3 is 5.32 Å². The molecule has 2 aromatic carbocycles.